The van der Waals surface area contributed by atoms with Crippen LogP contribution in [0.1, 0.15) is 65.2 Å². The molecule has 1 N–H and O–H groups in total. The molecule has 31 heavy (non-hydrogen) atoms. The van der Waals surface area contributed by atoms with E-state index in [-0.39, 0.29) is 10.8 Å². The van der Waals surface area contributed by atoms with Gasteiger partial charge in [-0.1, -0.05) is 31.8 Å². The van der Waals surface area contributed by atoms with E-state index in [1.165, 1.54) is 0 Å². The second-order valence-corrected chi connectivity index (χ2v) is 11.2. The third-order valence-electron chi connectivity index (χ3n) is 10.4. The summed E-state index contributed by atoms with van der Waals surface area (Å²) in [6.45, 7) is 6.79. The monoisotopic (exact) mass is 435 g/mol. The van der Waals surface area contributed by atoms with E-state index in [2.05, 4.69) is 19.0 Å². The van der Waals surface area contributed by atoms with Crippen LogP contribution in [0.25, 0.3) is 0 Å². The van der Waals surface area contributed by atoms with Gasteiger partial charge in [-0.3, -0.25) is 0 Å². The third-order valence-corrected chi connectivity index (χ3v) is 10.4. The Morgan fingerprint density at radius 1 is 0.903 bits per heavy atom. The molecule has 0 radical (unpaired) electrons. The van der Waals surface area contributed by atoms with Crippen LogP contribution in [0.5, 0.6) is 0 Å². The molecule has 0 spiro atoms. The number of rotatable bonds is 1. The van der Waals surface area contributed by atoms with Crippen molar-refractivity contribution >= 4 is 5.71 Å². The normalized spacial score (nSPS) is 57.3. The zero-order valence-electron chi connectivity index (χ0n) is 19.2. The highest BCUT2D eigenvalue weighted by Crippen LogP contribution is 2.72. The van der Waals surface area contributed by atoms with E-state index in [9.17, 15) is 5.11 Å². The fourth-order valence-electron chi connectivity index (χ4n) is 9.00. The van der Waals surface area contributed by atoms with Gasteiger partial charge in [0.15, 0.2) is 0 Å². The minimum absolute atomic E-state index is 0.190. The topological polar surface area (TPSA) is 78.7 Å². The first-order chi connectivity index (χ1) is 14.9. The number of hydrogen-bond donors (Lipinski definition) is 1. The number of nitrogens with zero attached hydrogens (tertiary/aromatic N) is 1. The fraction of sp³-hybridized carbons (Fsp3) is 0.958. The second kappa shape index (κ2) is 6.66. The predicted molar refractivity (Wildman–Crippen MR) is 112 cm³/mol. The van der Waals surface area contributed by atoms with Gasteiger partial charge in [0.05, 0.1) is 32.1 Å². The Morgan fingerprint density at radius 3 is 2.29 bits per heavy atom. The molecule has 2 aliphatic heterocycles. The van der Waals surface area contributed by atoms with Crippen molar-refractivity contribution in [1.82, 2.24) is 0 Å². The average Bonchev–Trinajstić information content (AvgIpc) is 3.02. The molecule has 6 fully saturated rings. The van der Waals surface area contributed by atoms with Gasteiger partial charge in [0, 0.05) is 17.3 Å². The van der Waals surface area contributed by atoms with Crippen molar-refractivity contribution in [2.24, 2.45) is 33.7 Å². The van der Waals surface area contributed by atoms with Crippen molar-refractivity contribution in [3.8, 4) is 0 Å². The molecule has 174 valence electrons. The number of oxime groups is 1. The Hall–Kier alpha value is -0.730. The third kappa shape index (κ3) is 2.30. The molecular formula is C24H37NO6. The summed E-state index contributed by atoms with van der Waals surface area (Å²) in [4.78, 5) is 5.27. The van der Waals surface area contributed by atoms with Crippen molar-refractivity contribution in [3.63, 3.8) is 0 Å². The highest BCUT2D eigenvalue weighted by atomic mass is 16.8. The molecule has 0 aromatic heterocycles. The maximum Gasteiger partial charge on any atom is 0.229 e. The highest BCUT2D eigenvalue weighted by Gasteiger charge is 2.80. The van der Waals surface area contributed by atoms with E-state index in [0.717, 1.165) is 57.1 Å². The van der Waals surface area contributed by atoms with E-state index in [1.54, 1.807) is 7.11 Å². The minimum Gasteiger partial charge on any atom is -0.399 e. The standard InChI is InChI=1S/C24H37NO6/c1-20-7-4-5-8-22(20,26)19(25-27-3)14-16-17(20)6-9-21(2)18(16)15-23-24(21,30-12-10-28-23)31-13-11-29-23/h16-18,26H,4-15H2,1-3H3/b25-19-/t16-,17+,18+,20-,21+,22+,23?,24?/m1/s1. The first kappa shape index (κ1) is 20.8. The first-order valence-electron chi connectivity index (χ1n) is 12.2. The largest absolute Gasteiger partial charge is 0.399 e. The van der Waals surface area contributed by atoms with E-state index < -0.39 is 17.2 Å². The van der Waals surface area contributed by atoms with Crippen LogP contribution in [0.15, 0.2) is 5.16 Å². The summed E-state index contributed by atoms with van der Waals surface area (Å²) in [5, 5.41) is 16.4. The Balaban J connectivity index is 1.45. The zero-order chi connectivity index (χ0) is 21.5. The number of hydrogen-bond acceptors (Lipinski definition) is 7. The van der Waals surface area contributed by atoms with Crippen LogP contribution in [0.3, 0.4) is 0 Å². The van der Waals surface area contributed by atoms with Gasteiger partial charge in [0.25, 0.3) is 0 Å². The Morgan fingerprint density at radius 2 is 1.58 bits per heavy atom. The van der Waals surface area contributed by atoms with Crippen molar-refractivity contribution in [2.75, 3.05) is 33.5 Å². The highest BCUT2D eigenvalue weighted by molar-refractivity contribution is 5.94. The molecule has 7 nitrogen and oxygen atoms in total. The molecular weight excluding hydrogens is 398 g/mol. The van der Waals surface area contributed by atoms with Gasteiger partial charge in [-0.15, -0.1) is 0 Å². The van der Waals surface area contributed by atoms with Gasteiger partial charge < -0.3 is 28.9 Å². The second-order valence-electron chi connectivity index (χ2n) is 11.2. The van der Waals surface area contributed by atoms with E-state index in [0.29, 0.717) is 44.2 Å². The predicted octanol–water partition coefficient (Wildman–Crippen LogP) is 3.24. The molecule has 2 saturated heterocycles. The Bertz CT molecular complexity index is 774. The van der Waals surface area contributed by atoms with Crippen LogP contribution in [0, 0.1) is 28.6 Å². The van der Waals surface area contributed by atoms with Crippen LogP contribution in [-0.4, -0.2) is 61.5 Å². The number of ether oxygens (including phenoxy) is 4. The number of aliphatic hydroxyl groups is 1. The summed E-state index contributed by atoms with van der Waals surface area (Å²) >= 11 is 0. The molecule has 0 bridgehead atoms. The molecule has 0 amide bonds. The lowest BCUT2D eigenvalue weighted by atomic mass is 9.43. The summed E-state index contributed by atoms with van der Waals surface area (Å²) in [6.07, 6.45) is 7.61. The summed E-state index contributed by atoms with van der Waals surface area (Å²) in [5.74, 6) is -0.550. The smallest absolute Gasteiger partial charge is 0.229 e. The molecule has 4 aliphatic carbocycles. The van der Waals surface area contributed by atoms with Crippen LogP contribution in [0.2, 0.25) is 0 Å². The van der Waals surface area contributed by atoms with E-state index >= 15 is 0 Å². The van der Waals surface area contributed by atoms with Crippen LogP contribution < -0.4 is 0 Å². The lowest BCUT2D eigenvalue weighted by Gasteiger charge is -2.64. The Labute approximate surface area is 184 Å². The van der Waals surface area contributed by atoms with Gasteiger partial charge in [-0.05, 0) is 49.9 Å². The zero-order valence-corrected chi connectivity index (χ0v) is 19.2. The molecule has 6 aliphatic rings. The Kier molecular flexibility index (Phi) is 4.48. The molecule has 7 heteroatoms. The SMILES string of the molecule is CO/N=C1/C[C@H]2[C@@H]3CC45OCCOC4(OCCO5)[C@@]3(C)CC[C@@H]2[C@@]2(C)CCCC[C@]12O. The summed E-state index contributed by atoms with van der Waals surface area (Å²) in [7, 11) is 1.59. The van der Waals surface area contributed by atoms with Crippen LogP contribution in [0.4, 0.5) is 0 Å². The average molecular weight is 436 g/mol. The maximum absolute atomic E-state index is 12.0. The minimum atomic E-state index is -0.870. The molecule has 0 aromatic carbocycles. The van der Waals surface area contributed by atoms with Crippen molar-refractivity contribution in [3.05, 3.63) is 0 Å². The first-order valence-corrected chi connectivity index (χ1v) is 12.2. The fourth-order valence-corrected chi connectivity index (χ4v) is 9.00. The molecule has 4 saturated carbocycles. The van der Waals surface area contributed by atoms with Gasteiger partial charge in [-0.25, -0.2) is 0 Å². The summed E-state index contributed by atoms with van der Waals surface area (Å²) < 4.78 is 25.7. The lowest BCUT2D eigenvalue weighted by Crippen LogP contribution is -2.70. The van der Waals surface area contributed by atoms with Gasteiger partial charge >= 0.3 is 0 Å². The van der Waals surface area contributed by atoms with Crippen molar-refractivity contribution in [1.29, 1.82) is 0 Å². The van der Waals surface area contributed by atoms with Gasteiger partial charge in [0.1, 0.15) is 12.7 Å². The maximum atomic E-state index is 12.0. The molecule has 0 unspecified atom stereocenters. The molecule has 2 heterocycles. The van der Waals surface area contributed by atoms with Crippen LogP contribution >= 0.6 is 0 Å². The quantitative estimate of drug-likeness (QED) is 0.637. The van der Waals surface area contributed by atoms with Gasteiger partial charge in [-0.2, -0.15) is 0 Å². The number of fused-ring (bicyclic) bond motifs is 5. The van der Waals surface area contributed by atoms with Crippen LogP contribution in [-0.2, 0) is 23.8 Å². The van der Waals surface area contributed by atoms with Gasteiger partial charge in [0.2, 0.25) is 11.6 Å². The van der Waals surface area contributed by atoms with E-state index in [4.69, 9.17) is 23.8 Å². The molecule has 0 aromatic rings. The van der Waals surface area contributed by atoms with Crippen molar-refractivity contribution < 1.29 is 28.9 Å². The van der Waals surface area contributed by atoms with E-state index in [1.807, 2.05) is 0 Å². The summed E-state index contributed by atoms with van der Waals surface area (Å²) in [5.41, 5.74) is -0.428. The summed E-state index contributed by atoms with van der Waals surface area (Å²) in [6, 6.07) is 0. The lowest BCUT2D eigenvalue weighted by molar-refractivity contribution is -0.474. The molecule has 6 atom stereocenters. The van der Waals surface area contributed by atoms with Crippen molar-refractivity contribution in [2.45, 2.75) is 82.4 Å². The molecule has 6 rings (SSSR count).